The quantitative estimate of drug-likeness (QED) is 0.223. The van der Waals surface area contributed by atoms with Crippen LogP contribution < -0.4 is 20.1 Å². The van der Waals surface area contributed by atoms with Gasteiger partial charge < -0.3 is 25.3 Å². The van der Waals surface area contributed by atoms with Crippen molar-refractivity contribution in [3.63, 3.8) is 0 Å². The number of sulfonamides is 1. The van der Waals surface area contributed by atoms with E-state index in [9.17, 15) is 18.0 Å². The first-order valence-electron chi connectivity index (χ1n) is 13.0. The van der Waals surface area contributed by atoms with Crippen LogP contribution in [0.1, 0.15) is 35.0 Å². The van der Waals surface area contributed by atoms with Gasteiger partial charge in [-0.2, -0.15) is 0 Å². The Balaban J connectivity index is 1.75. The summed E-state index contributed by atoms with van der Waals surface area (Å²) >= 11 is 4.64. The van der Waals surface area contributed by atoms with Crippen LogP contribution in [-0.4, -0.2) is 59.8 Å². The number of halogens is 1. The lowest BCUT2D eigenvalue weighted by molar-refractivity contribution is -0.145. The van der Waals surface area contributed by atoms with Gasteiger partial charge in [-0.1, -0.05) is 30.3 Å². The van der Waals surface area contributed by atoms with Gasteiger partial charge in [-0.05, 0) is 78.1 Å². The van der Waals surface area contributed by atoms with Crippen molar-refractivity contribution in [1.82, 2.24) is 5.32 Å². The molecule has 0 aliphatic carbocycles. The maximum absolute atomic E-state index is 14.0. The average Bonchev–Trinajstić information content (AvgIpc) is 3.29. The number of nitrogens with one attached hydrogen (secondary N) is 1. The molecule has 13 heteroatoms. The number of nitrogens with two attached hydrogens (primary N) is 1. The summed E-state index contributed by atoms with van der Waals surface area (Å²) in [7, 11) is -2.58. The number of anilines is 2. The third-order valence-electron chi connectivity index (χ3n) is 6.52. The van der Waals surface area contributed by atoms with Gasteiger partial charge >= 0.3 is 11.9 Å². The van der Waals surface area contributed by atoms with E-state index < -0.39 is 28.6 Å². The number of piperidine rings is 1. The SMILES string of the molecule is CCOC(=O)COc1c(C(=O)OC)sc(-c2cccc(N(C3CCNCC3)S(=O)(=O)Cc3ccccc3N)c2)c1Br. The van der Waals surface area contributed by atoms with E-state index in [1.54, 1.807) is 49.4 Å². The Morgan fingerprint density at radius 2 is 1.88 bits per heavy atom. The van der Waals surface area contributed by atoms with Crippen molar-refractivity contribution in [2.75, 3.05) is 43.5 Å². The molecule has 3 N–H and O–H groups in total. The van der Waals surface area contributed by atoms with E-state index in [2.05, 4.69) is 21.2 Å². The van der Waals surface area contributed by atoms with Crippen molar-refractivity contribution in [1.29, 1.82) is 0 Å². The van der Waals surface area contributed by atoms with E-state index in [-0.39, 0.29) is 29.0 Å². The van der Waals surface area contributed by atoms with E-state index in [4.69, 9.17) is 19.9 Å². The third-order valence-corrected chi connectivity index (χ3v) is 10.5. The van der Waals surface area contributed by atoms with Crippen molar-refractivity contribution in [3.05, 3.63) is 63.4 Å². The van der Waals surface area contributed by atoms with Gasteiger partial charge in [0.05, 0.1) is 34.5 Å². The molecule has 0 amide bonds. The zero-order valence-electron chi connectivity index (χ0n) is 22.7. The number of para-hydroxylation sites is 1. The smallest absolute Gasteiger partial charge is 0.351 e. The summed E-state index contributed by atoms with van der Waals surface area (Å²) in [5.41, 5.74) is 8.21. The molecule has 2 aromatic carbocycles. The van der Waals surface area contributed by atoms with Crippen molar-refractivity contribution < 1.29 is 32.2 Å². The number of methoxy groups -OCH3 is 1. The number of ether oxygens (including phenoxy) is 3. The first-order chi connectivity index (χ1) is 19.7. The van der Waals surface area contributed by atoms with Crippen LogP contribution in [0.4, 0.5) is 11.4 Å². The largest absolute Gasteiger partial charge is 0.479 e. The van der Waals surface area contributed by atoms with Gasteiger partial charge in [0, 0.05) is 11.7 Å². The van der Waals surface area contributed by atoms with Crippen LogP contribution >= 0.6 is 27.3 Å². The Labute approximate surface area is 252 Å². The molecule has 2 heterocycles. The Bertz CT molecular complexity index is 1500. The van der Waals surface area contributed by atoms with Crippen molar-refractivity contribution in [2.24, 2.45) is 0 Å². The number of carbonyl (C=O) groups excluding carboxylic acids is 2. The molecule has 0 saturated carbocycles. The van der Waals surface area contributed by atoms with Crippen molar-refractivity contribution >= 4 is 60.6 Å². The number of thiophene rings is 1. The van der Waals surface area contributed by atoms with E-state index in [1.807, 2.05) is 6.07 Å². The van der Waals surface area contributed by atoms with Gasteiger partial charge in [-0.3, -0.25) is 4.31 Å². The predicted octanol–water partition coefficient (Wildman–Crippen LogP) is 4.58. The molecule has 0 unspecified atom stereocenters. The second kappa shape index (κ2) is 13.7. The Kier molecular flexibility index (Phi) is 10.3. The number of hydrogen-bond acceptors (Lipinski definition) is 10. The fourth-order valence-electron chi connectivity index (χ4n) is 4.63. The van der Waals surface area contributed by atoms with Gasteiger partial charge in [-0.25, -0.2) is 18.0 Å². The van der Waals surface area contributed by atoms with Gasteiger partial charge in [0.2, 0.25) is 10.0 Å². The molecule has 0 radical (unpaired) electrons. The van der Waals surface area contributed by atoms with Crippen LogP contribution in [0.3, 0.4) is 0 Å². The van der Waals surface area contributed by atoms with E-state index in [0.717, 1.165) is 11.3 Å². The molecule has 0 atom stereocenters. The first kappa shape index (κ1) is 30.8. The molecule has 220 valence electrons. The van der Waals surface area contributed by atoms with Crippen LogP contribution in [-0.2, 0) is 30.0 Å². The highest BCUT2D eigenvalue weighted by Gasteiger charge is 2.33. The van der Waals surface area contributed by atoms with E-state index in [1.165, 1.54) is 11.4 Å². The monoisotopic (exact) mass is 665 g/mol. The zero-order chi connectivity index (χ0) is 29.6. The lowest BCUT2D eigenvalue weighted by atomic mass is 10.1. The number of esters is 2. The maximum Gasteiger partial charge on any atom is 0.351 e. The Morgan fingerprint density at radius 3 is 2.56 bits per heavy atom. The fraction of sp³-hybridized carbons (Fsp3) is 0.357. The second-order valence-electron chi connectivity index (χ2n) is 9.27. The third kappa shape index (κ3) is 7.21. The van der Waals surface area contributed by atoms with Gasteiger partial charge in [-0.15, -0.1) is 11.3 Å². The highest BCUT2D eigenvalue weighted by Crippen LogP contribution is 2.47. The summed E-state index contributed by atoms with van der Waals surface area (Å²) in [6.45, 7) is 2.89. The molecule has 1 aromatic heterocycles. The first-order valence-corrected chi connectivity index (χ1v) is 16.2. The molecule has 3 aromatic rings. The molecule has 41 heavy (non-hydrogen) atoms. The van der Waals surface area contributed by atoms with Crippen molar-refractivity contribution in [3.8, 4) is 16.2 Å². The zero-order valence-corrected chi connectivity index (χ0v) is 25.9. The second-order valence-corrected chi connectivity index (χ2v) is 12.9. The normalized spacial score (nSPS) is 13.9. The summed E-state index contributed by atoms with van der Waals surface area (Å²) in [5.74, 6) is -1.30. The van der Waals surface area contributed by atoms with Crippen LogP contribution in [0.25, 0.3) is 10.4 Å². The molecular formula is C28H32BrN3O7S2. The predicted molar refractivity (Wildman–Crippen MR) is 163 cm³/mol. The molecule has 0 bridgehead atoms. The minimum absolute atomic E-state index is 0.151. The highest BCUT2D eigenvalue weighted by atomic mass is 79.9. The molecule has 1 fully saturated rings. The molecule has 0 spiro atoms. The average molecular weight is 667 g/mol. The van der Waals surface area contributed by atoms with E-state index in [0.29, 0.717) is 57.8 Å². The van der Waals surface area contributed by atoms with Gasteiger partial charge in [0.1, 0.15) is 0 Å². The lowest BCUT2D eigenvalue weighted by Crippen LogP contribution is -2.46. The molecule has 1 aliphatic heterocycles. The number of nitrogen functional groups attached to an aromatic ring is 1. The number of carbonyl (C=O) groups is 2. The van der Waals surface area contributed by atoms with Gasteiger partial charge in [0.25, 0.3) is 0 Å². The molecule has 1 saturated heterocycles. The molecule has 1 aliphatic rings. The molecular weight excluding hydrogens is 634 g/mol. The summed E-state index contributed by atoms with van der Waals surface area (Å²) in [6.07, 6.45) is 1.30. The highest BCUT2D eigenvalue weighted by molar-refractivity contribution is 9.10. The number of nitrogens with zero attached hydrogens (tertiary/aromatic N) is 1. The topological polar surface area (TPSA) is 137 Å². The van der Waals surface area contributed by atoms with E-state index >= 15 is 0 Å². The Hall–Kier alpha value is -3.13. The van der Waals surface area contributed by atoms with Crippen LogP contribution in [0, 0.1) is 0 Å². The van der Waals surface area contributed by atoms with Crippen LogP contribution in [0.2, 0.25) is 0 Å². The van der Waals surface area contributed by atoms with Crippen LogP contribution in [0.15, 0.2) is 53.0 Å². The summed E-state index contributed by atoms with van der Waals surface area (Å²) < 4.78 is 45.4. The van der Waals surface area contributed by atoms with Crippen LogP contribution in [0.5, 0.6) is 5.75 Å². The molecule has 4 rings (SSSR count). The summed E-state index contributed by atoms with van der Waals surface area (Å²) in [4.78, 5) is 25.3. The maximum atomic E-state index is 14.0. The number of hydrogen-bond donors (Lipinski definition) is 2. The van der Waals surface area contributed by atoms with Crippen molar-refractivity contribution in [2.45, 2.75) is 31.6 Å². The summed E-state index contributed by atoms with van der Waals surface area (Å²) in [5, 5.41) is 3.29. The number of benzene rings is 2. The lowest BCUT2D eigenvalue weighted by Gasteiger charge is -2.35. The van der Waals surface area contributed by atoms with Gasteiger partial charge in [0.15, 0.2) is 17.2 Å². The standard InChI is InChI=1S/C28H32BrN3O7S2/c1-3-38-23(33)16-39-25-24(29)26(40-27(25)28(34)37-2)18-8-6-9-21(15-18)32(20-11-13-31-14-12-20)41(35,36)17-19-7-4-5-10-22(19)30/h4-10,15,20,31H,3,11-14,16-17,30H2,1-2H3. The minimum atomic E-state index is -3.84. The summed E-state index contributed by atoms with van der Waals surface area (Å²) in [6, 6.07) is 13.8. The Morgan fingerprint density at radius 1 is 1.15 bits per heavy atom. The minimum Gasteiger partial charge on any atom is -0.479 e. The molecule has 10 nitrogen and oxygen atoms in total. The fourth-order valence-corrected chi connectivity index (χ4v) is 8.49. The number of rotatable bonds is 11.